The molecule has 8 heteroatoms. The summed E-state index contributed by atoms with van der Waals surface area (Å²) in [5.74, 6) is -0.0711. The molecule has 6 rings (SSSR count). The maximum atomic E-state index is 13.7. The maximum absolute atomic E-state index is 13.7. The monoisotopic (exact) mass is 430 g/mol. The van der Waals surface area contributed by atoms with Crippen LogP contribution in [-0.4, -0.2) is 59.8 Å². The second-order valence-electron chi connectivity index (χ2n) is 9.19. The average molecular weight is 431 g/mol. The molecular formula is C24H26N6O2. The van der Waals surface area contributed by atoms with Gasteiger partial charge in [-0.25, -0.2) is 9.97 Å². The van der Waals surface area contributed by atoms with Gasteiger partial charge in [0.1, 0.15) is 11.1 Å². The molecule has 32 heavy (non-hydrogen) atoms. The Morgan fingerprint density at radius 1 is 1.09 bits per heavy atom. The zero-order chi connectivity index (χ0) is 21.7. The van der Waals surface area contributed by atoms with E-state index in [2.05, 4.69) is 19.5 Å². The third-order valence-electron chi connectivity index (χ3n) is 7.12. The van der Waals surface area contributed by atoms with E-state index in [1.54, 1.807) is 17.3 Å². The zero-order valence-electron chi connectivity index (χ0n) is 18.0. The number of aromatic nitrogens is 4. The van der Waals surface area contributed by atoms with Gasteiger partial charge in [0.25, 0.3) is 5.91 Å². The number of rotatable bonds is 4. The number of pyridine rings is 2. The van der Waals surface area contributed by atoms with Crippen LogP contribution in [-0.2, 0) is 11.3 Å². The van der Waals surface area contributed by atoms with Crippen molar-refractivity contribution in [3.05, 3.63) is 54.2 Å². The molecule has 2 aliphatic heterocycles. The normalized spacial score (nSPS) is 23.4. The number of imidazole rings is 1. The van der Waals surface area contributed by atoms with Crippen molar-refractivity contribution in [1.29, 1.82) is 0 Å². The van der Waals surface area contributed by atoms with E-state index in [1.807, 2.05) is 35.5 Å². The fourth-order valence-electron chi connectivity index (χ4n) is 5.37. The first-order valence-corrected chi connectivity index (χ1v) is 11.5. The van der Waals surface area contributed by atoms with Crippen molar-refractivity contribution < 1.29 is 9.59 Å². The highest BCUT2D eigenvalue weighted by Crippen LogP contribution is 2.40. The van der Waals surface area contributed by atoms with Crippen LogP contribution in [0.2, 0.25) is 0 Å². The first-order chi connectivity index (χ1) is 15.7. The van der Waals surface area contributed by atoms with Crippen LogP contribution >= 0.6 is 0 Å². The number of likely N-dealkylation sites (tertiary alicyclic amines) is 2. The largest absolute Gasteiger partial charge is 0.335 e. The highest BCUT2D eigenvalue weighted by Gasteiger charge is 2.52. The first-order valence-electron chi connectivity index (χ1n) is 11.5. The standard InChI is InChI=1S/C24H26N6O2/c31-22(17-13-20-21(26-14-17)29(16-27-20)19-6-7-19)30-12-4-9-24(30)8-3-11-28(23(24)32)15-18-5-1-2-10-25-18/h1-2,5,10,13-14,16,19H,3-4,6-9,11-12,15H2. The smallest absolute Gasteiger partial charge is 0.256 e. The van der Waals surface area contributed by atoms with Crippen LogP contribution in [0.5, 0.6) is 0 Å². The topological polar surface area (TPSA) is 84.2 Å². The van der Waals surface area contributed by atoms with E-state index >= 15 is 0 Å². The van der Waals surface area contributed by atoms with E-state index < -0.39 is 5.54 Å². The summed E-state index contributed by atoms with van der Waals surface area (Å²) in [5.41, 5.74) is 2.19. The van der Waals surface area contributed by atoms with Gasteiger partial charge in [0.15, 0.2) is 5.65 Å². The molecule has 0 N–H and O–H groups in total. The van der Waals surface area contributed by atoms with Crippen LogP contribution in [0.15, 0.2) is 43.0 Å². The predicted molar refractivity (Wildman–Crippen MR) is 118 cm³/mol. The summed E-state index contributed by atoms with van der Waals surface area (Å²) in [5, 5.41) is 0. The van der Waals surface area contributed by atoms with Crippen LogP contribution in [0.3, 0.4) is 0 Å². The van der Waals surface area contributed by atoms with E-state index in [1.165, 1.54) is 0 Å². The quantitative estimate of drug-likeness (QED) is 0.635. The van der Waals surface area contributed by atoms with E-state index in [9.17, 15) is 9.59 Å². The van der Waals surface area contributed by atoms with Gasteiger partial charge >= 0.3 is 0 Å². The summed E-state index contributed by atoms with van der Waals surface area (Å²) in [6, 6.07) is 8.06. The molecule has 3 aromatic heterocycles. The Morgan fingerprint density at radius 2 is 1.94 bits per heavy atom. The second kappa shape index (κ2) is 7.39. The molecule has 1 aliphatic carbocycles. The van der Waals surface area contributed by atoms with E-state index in [4.69, 9.17) is 0 Å². The number of hydrogen-bond acceptors (Lipinski definition) is 5. The van der Waals surface area contributed by atoms with Crippen molar-refractivity contribution >= 4 is 23.0 Å². The molecular weight excluding hydrogens is 404 g/mol. The molecule has 2 saturated heterocycles. The molecule has 2 amide bonds. The molecule has 0 bridgehead atoms. The molecule has 1 spiro atoms. The lowest BCUT2D eigenvalue weighted by Gasteiger charge is -2.44. The molecule has 0 radical (unpaired) electrons. The summed E-state index contributed by atoms with van der Waals surface area (Å²) in [6.07, 6.45) is 10.7. The van der Waals surface area contributed by atoms with Gasteiger partial charge in [-0.3, -0.25) is 14.6 Å². The van der Waals surface area contributed by atoms with Crippen LogP contribution in [0.4, 0.5) is 0 Å². The lowest BCUT2D eigenvalue weighted by atomic mass is 9.85. The average Bonchev–Trinajstić information content (AvgIpc) is 3.44. The van der Waals surface area contributed by atoms with Gasteiger partial charge in [-0.05, 0) is 56.7 Å². The van der Waals surface area contributed by atoms with Gasteiger partial charge in [0.05, 0.1) is 24.1 Å². The molecule has 3 fully saturated rings. The molecule has 1 unspecified atom stereocenters. The summed E-state index contributed by atoms with van der Waals surface area (Å²) < 4.78 is 2.10. The van der Waals surface area contributed by atoms with Gasteiger partial charge < -0.3 is 14.4 Å². The number of piperidine rings is 1. The third kappa shape index (κ3) is 3.08. The highest BCUT2D eigenvalue weighted by molar-refractivity contribution is 6.01. The van der Waals surface area contributed by atoms with Crippen LogP contribution < -0.4 is 0 Å². The van der Waals surface area contributed by atoms with E-state index in [-0.39, 0.29) is 11.8 Å². The van der Waals surface area contributed by atoms with Gasteiger partial charge in [-0.1, -0.05) is 6.07 Å². The summed E-state index contributed by atoms with van der Waals surface area (Å²) >= 11 is 0. The Labute approximate surface area is 186 Å². The summed E-state index contributed by atoms with van der Waals surface area (Å²) in [4.78, 5) is 44.4. The fraction of sp³-hybridized carbons (Fsp3) is 0.458. The van der Waals surface area contributed by atoms with Crippen LogP contribution in [0.25, 0.3) is 11.2 Å². The Hall–Kier alpha value is -3.29. The predicted octanol–water partition coefficient (Wildman–Crippen LogP) is 2.96. The number of fused-ring (bicyclic) bond motifs is 1. The molecule has 3 aliphatic rings. The van der Waals surface area contributed by atoms with Crippen LogP contribution in [0, 0.1) is 0 Å². The van der Waals surface area contributed by atoms with Crippen molar-refractivity contribution in [2.24, 2.45) is 0 Å². The van der Waals surface area contributed by atoms with Crippen molar-refractivity contribution in [3.63, 3.8) is 0 Å². The summed E-state index contributed by atoms with van der Waals surface area (Å²) in [6.45, 7) is 1.78. The molecule has 164 valence electrons. The number of nitrogens with zero attached hydrogens (tertiary/aromatic N) is 6. The Morgan fingerprint density at radius 3 is 2.72 bits per heavy atom. The van der Waals surface area contributed by atoms with Gasteiger partial charge in [0.2, 0.25) is 5.91 Å². The molecule has 5 heterocycles. The number of hydrogen-bond donors (Lipinski definition) is 0. The third-order valence-corrected chi connectivity index (χ3v) is 7.12. The minimum absolute atomic E-state index is 0.0484. The zero-order valence-corrected chi connectivity index (χ0v) is 18.0. The van der Waals surface area contributed by atoms with E-state index in [0.29, 0.717) is 44.1 Å². The molecule has 3 aromatic rings. The maximum Gasteiger partial charge on any atom is 0.256 e. The molecule has 8 nitrogen and oxygen atoms in total. The number of amides is 2. The van der Waals surface area contributed by atoms with Gasteiger partial charge in [-0.15, -0.1) is 0 Å². The lowest BCUT2D eigenvalue weighted by molar-refractivity contribution is -0.146. The van der Waals surface area contributed by atoms with Crippen molar-refractivity contribution in [3.8, 4) is 0 Å². The second-order valence-corrected chi connectivity index (χ2v) is 9.19. The minimum atomic E-state index is -0.757. The van der Waals surface area contributed by atoms with Crippen molar-refractivity contribution in [2.45, 2.75) is 56.7 Å². The van der Waals surface area contributed by atoms with Crippen LogP contribution in [0.1, 0.15) is 60.6 Å². The summed E-state index contributed by atoms with van der Waals surface area (Å²) in [7, 11) is 0. The van der Waals surface area contributed by atoms with Crippen molar-refractivity contribution in [2.75, 3.05) is 13.1 Å². The minimum Gasteiger partial charge on any atom is -0.335 e. The SMILES string of the molecule is O=C(c1cnc2c(c1)ncn2C1CC1)N1CCCC12CCCN(Cc1ccccn1)C2=O. The molecule has 0 aromatic carbocycles. The Kier molecular flexibility index (Phi) is 4.48. The Bertz CT molecular complexity index is 1190. The molecule has 1 atom stereocenters. The number of carbonyl (C=O) groups excluding carboxylic acids is 2. The van der Waals surface area contributed by atoms with Gasteiger partial charge in [0, 0.05) is 31.5 Å². The first kappa shape index (κ1) is 19.4. The number of carbonyl (C=O) groups is 2. The highest BCUT2D eigenvalue weighted by atomic mass is 16.2. The fourth-order valence-corrected chi connectivity index (χ4v) is 5.37. The van der Waals surface area contributed by atoms with Gasteiger partial charge in [-0.2, -0.15) is 0 Å². The Balaban J connectivity index is 1.28. The van der Waals surface area contributed by atoms with E-state index in [0.717, 1.165) is 42.5 Å². The molecule has 1 saturated carbocycles. The lowest BCUT2D eigenvalue weighted by Crippen LogP contribution is -2.61. The van der Waals surface area contributed by atoms with Crippen molar-refractivity contribution in [1.82, 2.24) is 29.3 Å².